The van der Waals surface area contributed by atoms with E-state index in [0.717, 1.165) is 19.1 Å². The fourth-order valence-corrected chi connectivity index (χ4v) is 3.86. The fraction of sp³-hybridized carbons (Fsp3) is 0.824. The molecule has 2 heterocycles. The molecule has 1 saturated heterocycles. The van der Waals surface area contributed by atoms with E-state index in [4.69, 9.17) is 16.2 Å². The van der Waals surface area contributed by atoms with Crippen molar-refractivity contribution in [2.24, 2.45) is 27.4 Å². The molecular formula is C17H29N7O4. The van der Waals surface area contributed by atoms with Crippen molar-refractivity contribution < 1.29 is 14.5 Å². The van der Waals surface area contributed by atoms with Crippen molar-refractivity contribution in [2.75, 3.05) is 13.2 Å². The van der Waals surface area contributed by atoms with Gasteiger partial charge in [-0.2, -0.15) is 0 Å². The number of carbonyl (C=O) groups excluding carboxylic acids is 1. The predicted octanol–water partition coefficient (Wildman–Crippen LogP) is -0.523. The maximum absolute atomic E-state index is 11.6. The number of primary amides is 1. The van der Waals surface area contributed by atoms with Gasteiger partial charge in [0.05, 0.1) is 4.92 Å². The monoisotopic (exact) mass is 395 g/mol. The minimum atomic E-state index is -1.93. The summed E-state index contributed by atoms with van der Waals surface area (Å²) in [5, 5.41) is 18.1. The predicted molar refractivity (Wildman–Crippen MR) is 103 cm³/mol. The molecule has 0 aromatic rings. The van der Waals surface area contributed by atoms with Crippen LogP contribution in [0.4, 0.5) is 0 Å². The maximum atomic E-state index is 11.6. The highest BCUT2D eigenvalue weighted by atomic mass is 16.6. The number of nitrogens with one attached hydrogen (secondary N) is 2. The first kappa shape index (κ1) is 20.6. The molecule has 0 aromatic heterocycles. The van der Waals surface area contributed by atoms with Gasteiger partial charge in [0.15, 0.2) is 6.17 Å². The van der Waals surface area contributed by atoms with Crippen LogP contribution in [0.25, 0.3) is 0 Å². The van der Waals surface area contributed by atoms with Crippen LogP contribution in [0, 0.1) is 16.0 Å². The van der Waals surface area contributed by atoms with Gasteiger partial charge in [-0.3, -0.25) is 26.0 Å². The molecule has 0 radical (unpaired) electrons. The first-order valence-corrected chi connectivity index (χ1v) is 9.69. The Hall–Kier alpha value is -2.11. The highest BCUT2D eigenvalue weighted by Crippen LogP contribution is 2.26. The lowest BCUT2D eigenvalue weighted by Crippen LogP contribution is -2.66. The summed E-state index contributed by atoms with van der Waals surface area (Å²) in [6.45, 7) is 3.33. The van der Waals surface area contributed by atoms with Gasteiger partial charge in [-0.05, 0) is 45.4 Å². The van der Waals surface area contributed by atoms with Crippen molar-refractivity contribution in [3.63, 3.8) is 0 Å². The van der Waals surface area contributed by atoms with Crippen molar-refractivity contribution in [1.82, 2.24) is 10.6 Å². The zero-order valence-electron chi connectivity index (χ0n) is 16.1. The number of ether oxygens (including phenoxy) is 1. The average molecular weight is 395 g/mol. The Kier molecular flexibility index (Phi) is 5.96. The second-order valence-corrected chi connectivity index (χ2v) is 8.17. The van der Waals surface area contributed by atoms with Crippen LogP contribution in [0.1, 0.15) is 45.4 Å². The molecule has 11 heteroatoms. The molecule has 2 atom stereocenters. The number of nitrogens with two attached hydrogens (primary N) is 2. The zero-order chi connectivity index (χ0) is 20.4. The highest BCUT2D eigenvalue weighted by Gasteiger charge is 2.49. The summed E-state index contributed by atoms with van der Waals surface area (Å²) in [5.41, 5.74) is 9.24. The molecule has 0 aromatic carbocycles. The Balaban J connectivity index is 1.71. The SMILES string of the molecule is CC1(NC2=N[C@H](NC3CCC(C(N)=O)CC3)C(N)([N+](=O)[O-])C=N2)CCOCC1. The van der Waals surface area contributed by atoms with E-state index in [2.05, 4.69) is 27.5 Å². The molecule has 156 valence electrons. The second kappa shape index (κ2) is 8.10. The van der Waals surface area contributed by atoms with Crippen molar-refractivity contribution >= 4 is 18.1 Å². The van der Waals surface area contributed by atoms with E-state index in [9.17, 15) is 14.9 Å². The van der Waals surface area contributed by atoms with Crippen molar-refractivity contribution in [3.8, 4) is 0 Å². The minimum absolute atomic E-state index is 0.0290. The summed E-state index contributed by atoms with van der Waals surface area (Å²) in [4.78, 5) is 31.0. The number of nitrogens with zero attached hydrogens (tertiary/aromatic N) is 3. The normalized spacial score (nSPS) is 35.1. The summed E-state index contributed by atoms with van der Waals surface area (Å²) >= 11 is 0. The molecule has 1 unspecified atom stereocenters. The van der Waals surface area contributed by atoms with Crippen molar-refractivity contribution in [1.29, 1.82) is 0 Å². The number of nitro groups is 1. The number of carbonyl (C=O) groups is 1. The van der Waals surface area contributed by atoms with E-state index in [1.54, 1.807) is 0 Å². The third-order valence-corrected chi connectivity index (χ3v) is 5.93. The van der Waals surface area contributed by atoms with Crippen LogP contribution < -0.4 is 22.1 Å². The van der Waals surface area contributed by atoms with Gasteiger partial charge in [0, 0.05) is 30.7 Å². The van der Waals surface area contributed by atoms with Crippen molar-refractivity contribution in [2.45, 2.75) is 68.9 Å². The van der Waals surface area contributed by atoms with E-state index < -0.39 is 16.8 Å². The van der Waals surface area contributed by atoms with Gasteiger partial charge in [-0.25, -0.2) is 9.98 Å². The topological polar surface area (TPSA) is 170 Å². The van der Waals surface area contributed by atoms with Crippen LogP contribution in [0.2, 0.25) is 0 Å². The molecule has 1 saturated carbocycles. The highest BCUT2D eigenvalue weighted by molar-refractivity contribution is 5.93. The van der Waals surface area contributed by atoms with Crippen LogP contribution in [-0.4, -0.2) is 59.6 Å². The van der Waals surface area contributed by atoms with E-state index in [1.807, 2.05) is 0 Å². The van der Waals surface area contributed by atoms with E-state index >= 15 is 0 Å². The zero-order valence-corrected chi connectivity index (χ0v) is 16.1. The van der Waals surface area contributed by atoms with Gasteiger partial charge in [-0.15, -0.1) is 0 Å². The molecule has 6 N–H and O–H groups in total. The largest absolute Gasteiger partial charge is 0.381 e. The summed E-state index contributed by atoms with van der Waals surface area (Å²) in [6.07, 6.45) is 4.44. The number of amides is 1. The molecule has 28 heavy (non-hydrogen) atoms. The smallest absolute Gasteiger partial charge is 0.343 e. The maximum Gasteiger partial charge on any atom is 0.343 e. The second-order valence-electron chi connectivity index (χ2n) is 8.17. The van der Waals surface area contributed by atoms with Gasteiger partial charge in [-0.1, -0.05) is 0 Å². The van der Waals surface area contributed by atoms with Crippen LogP contribution in [0.15, 0.2) is 9.98 Å². The summed E-state index contributed by atoms with van der Waals surface area (Å²) in [6, 6.07) is -0.0290. The Morgan fingerprint density at radius 1 is 1.32 bits per heavy atom. The van der Waals surface area contributed by atoms with E-state index in [1.165, 1.54) is 0 Å². The fourth-order valence-electron chi connectivity index (χ4n) is 3.86. The Labute approximate surface area is 163 Å². The first-order valence-electron chi connectivity index (χ1n) is 9.69. The van der Waals surface area contributed by atoms with E-state index in [0.29, 0.717) is 44.9 Å². The molecular weight excluding hydrogens is 366 g/mol. The molecule has 1 amide bonds. The van der Waals surface area contributed by atoms with Gasteiger partial charge in [0.1, 0.15) is 6.21 Å². The molecule has 0 bridgehead atoms. The van der Waals surface area contributed by atoms with Gasteiger partial charge >= 0.3 is 5.66 Å². The van der Waals surface area contributed by atoms with E-state index in [-0.39, 0.29) is 23.4 Å². The lowest BCUT2D eigenvalue weighted by Gasteiger charge is -2.37. The standard InChI is InChI=1S/C17H29N7O4/c1-16(6-8-28-9-7-16)23-15-20-10-17(19,24(26)27)14(22-15)21-12-4-2-11(3-5-12)13(18)25/h10-12,14,21H,2-9,19H2,1H3,(H2,18,25)(H,22,23)/t11?,12?,14-,17?/m0/s1. The lowest BCUT2D eigenvalue weighted by atomic mass is 9.85. The molecule has 0 spiro atoms. The Morgan fingerprint density at radius 3 is 2.54 bits per heavy atom. The number of rotatable bonds is 5. The molecule has 1 aliphatic carbocycles. The molecule has 2 fully saturated rings. The number of aliphatic imine (C=N–C) groups is 2. The summed E-state index contributed by atoms with van der Waals surface area (Å²) < 4.78 is 5.39. The molecule has 3 rings (SSSR count). The average Bonchev–Trinajstić information content (AvgIpc) is 2.65. The molecule has 3 aliphatic rings. The van der Waals surface area contributed by atoms with Crippen LogP contribution in [0.3, 0.4) is 0 Å². The van der Waals surface area contributed by atoms with Crippen LogP contribution >= 0.6 is 0 Å². The Morgan fingerprint density at radius 2 is 1.96 bits per heavy atom. The van der Waals surface area contributed by atoms with Crippen molar-refractivity contribution in [3.05, 3.63) is 10.1 Å². The number of hydrogen-bond donors (Lipinski definition) is 4. The summed E-state index contributed by atoms with van der Waals surface area (Å²) in [7, 11) is 0. The van der Waals surface area contributed by atoms with Gasteiger partial charge < -0.3 is 15.8 Å². The van der Waals surface area contributed by atoms with Crippen LogP contribution in [0.5, 0.6) is 0 Å². The first-order chi connectivity index (χ1) is 13.2. The Bertz CT molecular complexity index is 668. The lowest BCUT2D eigenvalue weighted by molar-refractivity contribution is -0.549. The minimum Gasteiger partial charge on any atom is -0.381 e. The number of guanidine groups is 1. The van der Waals surface area contributed by atoms with Crippen LogP contribution in [-0.2, 0) is 9.53 Å². The summed E-state index contributed by atoms with van der Waals surface area (Å²) in [5.74, 6) is -0.107. The quantitative estimate of drug-likeness (QED) is 0.275. The van der Waals surface area contributed by atoms with Gasteiger partial charge in [0.2, 0.25) is 11.9 Å². The third kappa shape index (κ3) is 4.47. The molecule has 11 nitrogen and oxygen atoms in total. The number of hydrogen-bond acceptors (Lipinski definition) is 9. The third-order valence-electron chi connectivity index (χ3n) is 5.93. The van der Waals surface area contributed by atoms with Gasteiger partial charge in [0.25, 0.3) is 0 Å². The molecule has 2 aliphatic heterocycles.